The van der Waals surface area contributed by atoms with Gasteiger partial charge >= 0.3 is 12.1 Å². The van der Waals surface area contributed by atoms with E-state index in [0.29, 0.717) is 44.0 Å². The maximum Gasteiger partial charge on any atom is 0.407 e. The zero-order chi connectivity index (χ0) is 18.9. The molecular weight excluding hydrogens is 324 g/mol. The molecule has 0 fully saturated rings. The molecule has 140 valence electrons. The Balaban J connectivity index is 2.47. The average molecular weight is 352 g/mol. The van der Waals surface area contributed by atoms with Crippen LogP contribution in [0, 0.1) is 0 Å². The second-order valence-corrected chi connectivity index (χ2v) is 6.48. The second-order valence-electron chi connectivity index (χ2n) is 6.48. The van der Waals surface area contributed by atoms with Crippen LogP contribution in [0.25, 0.3) is 0 Å². The Morgan fingerprint density at radius 1 is 1.24 bits per heavy atom. The van der Waals surface area contributed by atoms with Crippen molar-refractivity contribution in [1.29, 1.82) is 0 Å². The van der Waals surface area contributed by atoms with Gasteiger partial charge in [0.05, 0.1) is 18.9 Å². The lowest BCUT2D eigenvalue weighted by atomic mass is 10.2. The highest BCUT2D eigenvalue weighted by Gasteiger charge is 2.15. The number of hydrogen-bond acceptors (Lipinski definition) is 6. The van der Waals surface area contributed by atoms with Gasteiger partial charge in [-0.15, -0.1) is 0 Å². The number of nitrogens with one attached hydrogen (secondary N) is 1. The maximum atomic E-state index is 11.7. The molecule has 0 heterocycles. The van der Waals surface area contributed by atoms with Gasteiger partial charge in [0.25, 0.3) is 0 Å². The van der Waals surface area contributed by atoms with E-state index in [-0.39, 0.29) is 5.97 Å². The zero-order valence-electron chi connectivity index (χ0n) is 15.4. The van der Waals surface area contributed by atoms with E-state index in [4.69, 9.17) is 19.9 Å². The van der Waals surface area contributed by atoms with E-state index < -0.39 is 11.7 Å². The molecule has 0 spiro atoms. The Hall–Kier alpha value is -2.44. The minimum absolute atomic E-state index is 0.241. The minimum Gasteiger partial charge on any atom is -0.491 e. The first-order valence-electron chi connectivity index (χ1n) is 8.35. The zero-order valence-corrected chi connectivity index (χ0v) is 15.4. The summed E-state index contributed by atoms with van der Waals surface area (Å²) in [5, 5.41) is 2.68. The topological polar surface area (TPSA) is 99.9 Å². The molecule has 3 N–H and O–H groups in total. The van der Waals surface area contributed by atoms with Gasteiger partial charge in [0.2, 0.25) is 0 Å². The normalized spacial score (nSPS) is 10.9. The van der Waals surface area contributed by atoms with Gasteiger partial charge in [0, 0.05) is 13.0 Å². The number of esters is 1. The standard InChI is InChI=1S/C18H28N2O5/c1-5-23-16(21)7-6-10-24-15-11-13(8-9-14(15)19)12-20-17(22)25-18(2,3)4/h8-9,11H,5-7,10,12,19H2,1-4H3,(H,20,22). The lowest BCUT2D eigenvalue weighted by Crippen LogP contribution is -2.32. The number of carbonyl (C=O) groups excluding carboxylic acids is 2. The summed E-state index contributed by atoms with van der Waals surface area (Å²) in [7, 11) is 0. The molecule has 25 heavy (non-hydrogen) atoms. The molecule has 1 aromatic rings. The smallest absolute Gasteiger partial charge is 0.407 e. The van der Waals surface area contributed by atoms with Crippen molar-refractivity contribution in [2.75, 3.05) is 18.9 Å². The van der Waals surface area contributed by atoms with Gasteiger partial charge in [-0.05, 0) is 51.8 Å². The largest absolute Gasteiger partial charge is 0.491 e. The van der Waals surface area contributed by atoms with Crippen LogP contribution in [-0.2, 0) is 20.8 Å². The molecule has 0 radical (unpaired) electrons. The van der Waals surface area contributed by atoms with E-state index in [1.165, 1.54) is 0 Å². The van der Waals surface area contributed by atoms with Gasteiger partial charge in [0.1, 0.15) is 11.4 Å². The molecule has 0 aliphatic carbocycles. The van der Waals surface area contributed by atoms with Crippen LogP contribution in [0.4, 0.5) is 10.5 Å². The monoisotopic (exact) mass is 352 g/mol. The highest BCUT2D eigenvalue weighted by Crippen LogP contribution is 2.23. The Bertz CT molecular complexity index is 581. The molecule has 7 nitrogen and oxygen atoms in total. The fourth-order valence-corrected chi connectivity index (χ4v) is 1.93. The molecule has 0 aromatic heterocycles. The summed E-state index contributed by atoms with van der Waals surface area (Å²) in [5.41, 5.74) is 6.68. The molecule has 1 aromatic carbocycles. The summed E-state index contributed by atoms with van der Waals surface area (Å²) in [4.78, 5) is 22.9. The predicted molar refractivity (Wildman–Crippen MR) is 95.3 cm³/mol. The first-order chi connectivity index (χ1) is 11.7. The third-order valence-corrected chi connectivity index (χ3v) is 3.00. The number of nitrogens with two attached hydrogens (primary N) is 1. The van der Waals surface area contributed by atoms with E-state index in [0.717, 1.165) is 5.56 Å². The number of ether oxygens (including phenoxy) is 3. The Morgan fingerprint density at radius 2 is 1.96 bits per heavy atom. The lowest BCUT2D eigenvalue weighted by molar-refractivity contribution is -0.143. The molecular formula is C18H28N2O5. The van der Waals surface area contributed by atoms with Gasteiger partial charge in [-0.3, -0.25) is 4.79 Å². The van der Waals surface area contributed by atoms with Crippen LogP contribution in [0.2, 0.25) is 0 Å². The predicted octanol–water partition coefficient (Wildman–Crippen LogP) is 3.02. The Labute approximate surface area is 148 Å². The maximum absolute atomic E-state index is 11.7. The summed E-state index contributed by atoms with van der Waals surface area (Å²) < 4.78 is 15.7. The second kappa shape index (κ2) is 9.76. The van der Waals surface area contributed by atoms with E-state index in [2.05, 4.69) is 5.32 Å². The Morgan fingerprint density at radius 3 is 2.60 bits per heavy atom. The molecule has 0 bridgehead atoms. The van der Waals surface area contributed by atoms with E-state index in [9.17, 15) is 9.59 Å². The number of rotatable bonds is 8. The summed E-state index contributed by atoms with van der Waals surface area (Å²) in [6.07, 6.45) is 0.355. The third kappa shape index (κ3) is 8.83. The molecule has 1 amide bonds. The van der Waals surface area contributed by atoms with Crippen molar-refractivity contribution in [3.8, 4) is 5.75 Å². The van der Waals surface area contributed by atoms with Crippen LogP contribution in [0.5, 0.6) is 5.75 Å². The van der Waals surface area contributed by atoms with Crippen LogP contribution in [0.1, 0.15) is 46.1 Å². The van der Waals surface area contributed by atoms with Crippen molar-refractivity contribution in [1.82, 2.24) is 5.32 Å². The quantitative estimate of drug-likeness (QED) is 0.424. The number of nitrogen functional groups attached to an aromatic ring is 1. The van der Waals surface area contributed by atoms with E-state index in [1.54, 1.807) is 45.9 Å². The molecule has 0 aliphatic rings. The van der Waals surface area contributed by atoms with Crippen molar-refractivity contribution in [2.24, 2.45) is 0 Å². The van der Waals surface area contributed by atoms with Gasteiger partial charge in [-0.2, -0.15) is 0 Å². The average Bonchev–Trinajstić information content (AvgIpc) is 2.50. The Kier molecular flexibility index (Phi) is 8.04. The molecule has 0 aliphatic heterocycles. The summed E-state index contributed by atoms with van der Waals surface area (Å²) in [5.74, 6) is 0.279. The van der Waals surface area contributed by atoms with Crippen molar-refractivity contribution in [2.45, 2.75) is 52.7 Å². The van der Waals surface area contributed by atoms with Gasteiger partial charge in [-0.25, -0.2) is 4.79 Å². The van der Waals surface area contributed by atoms with Gasteiger partial charge in [0.15, 0.2) is 0 Å². The van der Waals surface area contributed by atoms with E-state index >= 15 is 0 Å². The van der Waals surface area contributed by atoms with Crippen molar-refractivity contribution < 1.29 is 23.8 Å². The third-order valence-electron chi connectivity index (χ3n) is 3.00. The number of carbonyl (C=O) groups is 2. The van der Waals surface area contributed by atoms with Gasteiger partial charge < -0.3 is 25.3 Å². The molecule has 0 saturated heterocycles. The van der Waals surface area contributed by atoms with Crippen molar-refractivity contribution >= 4 is 17.7 Å². The summed E-state index contributed by atoms with van der Waals surface area (Å²) in [6.45, 7) is 8.21. The number of amides is 1. The molecule has 1 rings (SSSR count). The molecule has 0 saturated carbocycles. The highest BCUT2D eigenvalue weighted by atomic mass is 16.6. The highest BCUT2D eigenvalue weighted by molar-refractivity contribution is 5.69. The van der Waals surface area contributed by atoms with Crippen LogP contribution in [-0.4, -0.2) is 30.9 Å². The number of benzene rings is 1. The molecule has 0 atom stereocenters. The number of anilines is 1. The first-order valence-corrected chi connectivity index (χ1v) is 8.35. The first kappa shape index (κ1) is 20.6. The lowest BCUT2D eigenvalue weighted by Gasteiger charge is -2.19. The molecule has 0 unspecified atom stereocenters. The number of hydrogen-bond donors (Lipinski definition) is 2. The van der Waals surface area contributed by atoms with Crippen molar-refractivity contribution in [3.63, 3.8) is 0 Å². The minimum atomic E-state index is -0.543. The number of alkyl carbamates (subject to hydrolysis) is 1. The van der Waals surface area contributed by atoms with Crippen LogP contribution < -0.4 is 15.8 Å². The molecule has 7 heteroatoms. The fraction of sp³-hybridized carbons (Fsp3) is 0.556. The SMILES string of the molecule is CCOC(=O)CCCOc1cc(CNC(=O)OC(C)(C)C)ccc1N. The fourth-order valence-electron chi connectivity index (χ4n) is 1.93. The van der Waals surface area contributed by atoms with Crippen LogP contribution in [0.3, 0.4) is 0 Å². The summed E-state index contributed by atoms with van der Waals surface area (Å²) >= 11 is 0. The van der Waals surface area contributed by atoms with E-state index in [1.807, 2.05) is 0 Å². The summed E-state index contributed by atoms with van der Waals surface area (Å²) in [6, 6.07) is 5.28. The van der Waals surface area contributed by atoms with Crippen LogP contribution in [0.15, 0.2) is 18.2 Å². The van der Waals surface area contributed by atoms with Gasteiger partial charge in [-0.1, -0.05) is 6.07 Å². The van der Waals surface area contributed by atoms with Crippen LogP contribution >= 0.6 is 0 Å². The van der Waals surface area contributed by atoms with Crippen molar-refractivity contribution in [3.05, 3.63) is 23.8 Å².